The topological polar surface area (TPSA) is 140 Å². The number of aromatic nitrogens is 3. The molecule has 0 radical (unpaired) electrons. The summed E-state index contributed by atoms with van der Waals surface area (Å²) in [4.78, 5) is 13.9. The van der Waals surface area contributed by atoms with Crippen molar-refractivity contribution in [2.75, 3.05) is 11.8 Å². The maximum atomic E-state index is 12.0. The Hall–Kier alpha value is -2.69. The van der Waals surface area contributed by atoms with E-state index in [1.807, 2.05) is 0 Å². The quantitative estimate of drug-likeness (QED) is 0.589. The van der Waals surface area contributed by atoms with Crippen molar-refractivity contribution >= 4 is 21.7 Å². The number of para-hydroxylation sites is 1. The van der Waals surface area contributed by atoms with Crippen molar-refractivity contribution in [3.63, 3.8) is 0 Å². The number of H-pyrrole nitrogens is 1. The molecule has 0 aliphatic heterocycles. The average Bonchev–Trinajstić information content (AvgIpc) is 2.85. The van der Waals surface area contributed by atoms with Crippen LogP contribution in [0.5, 0.6) is 6.01 Å². The van der Waals surface area contributed by atoms with Crippen LogP contribution in [0, 0.1) is 10.1 Å². The molecule has 10 nitrogen and oxygen atoms in total. The van der Waals surface area contributed by atoms with E-state index >= 15 is 0 Å². The molecule has 0 aliphatic carbocycles. The summed E-state index contributed by atoms with van der Waals surface area (Å²) in [6, 6.07) is 5.57. The van der Waals surface area contributed by atoms with Crippen LogP contribution >= 0.6 is 0 Å². The third-order valence-corrected chi connectivity index (χ3v) is 3.63. The highest BCUT2D eigenvalue weighted by Gasteiger charge is 2.20. The molecule has 1 aromatic heterocycles. The Kier molecular flexibility index (Phi) is 4.03. The van der Waals surface area contributed by atoms with Gasteiger partial charge in [-0.1, -0.05) is 18.2 Å². The van der Waals surface area contributed by atoms with Crippen LogP contribution in [0.15, 0.2) is 24.3 Å². The molecule has 2 rings (SSSR count). The fourth-order valence-electron chi connectivity index (χ4n) is 1.58. The standard InChI is InChI=1S/C10H11N5O5S/c1-20-10-11-9(12-13-10)14-21(18,19)6-7-4-2-3-5-8(7)15(16)17/h2-5H,6H2,1H3,(H2,11,12,13,14). The van der Waals surface area contributed by atoms with Crippen LogP contribution in [-0.2, 0) is 15.8 Å². The summed E-state index contributed by atoms with van der Waals surface area (Å²) >= 11 is 0. The van der Waals surface area contributed by atoms with Crippen LogP contribution in [0.3, 0.4) is 0 Å². The van der Waals surface area contributed by atoms with E-state index in [-0.39, 0.29) is 23.2 Å². The number of rotatable bonds is 6. The number of sulfonamides is 1. The maximum absolute atomic E-state index is 12.0. The molecule has 0 spiro atoms. The van der Waals surface area contributed by atoms with Gasteiger partial charge >= 0.3 is 6.01 Å². The van der Waals surface area contributed by atoms with E-state index in [1.165, 1.54) is 31.4 Å². The smallest absolute Gasteiger partial charge is 0.336 e. The monoisotopic (exact) mass is 313 g/mol. The number of ether oxygens (including phenoxy) is 1. The Morgan fingerprint density at radius 1 is 1.43 bits per heavy atom. The highest BCUT2D eigenvalue weighted by atomic mass is 32.2. The number of benzene rings is 1. The first-order valence-corrected chi connectivity index (χ1v) is 7.25. The molecule has 2 N–H and O–H groups in total. The van der Waals surface area contributed by atoms with Crippen molar-refractivity contribution in [3.8, 4) is 6.01 Å². The van der Waals surface area contributed by atoms with Crippen molar-refractivity contribution < 1.29 is 18.1 Å². The van der Waals surface area contributed by atoms with E-state index in [9.17, 15) is 18.5 Å². The number of methoxy groups -OCH3 is 1. The van der Waals surface area contributed by atoms with E-state index in [1.54, 1.807) is 0 Å². The Morgan fingerprint density at radius 3 is 2.76 bits per heavy atom. The van der Waals surface area contributed by atoms with Crippen LogP contribution in [0.1, 0.15) is 5.56 Å². The Balaban J connectivity index is 2.20. The SMILES string of the molecule is COc1n[nH]c(NS(=O)(=O)Cc2ccccc2[N+](=O)[O-])n1. The first-order chi connectivity index (χ1) is 9.91. The van der Waals surface area contributed by atoms with Crippen LogP contribution in [0.25, 0.3) is 0 Å². The highest BCUT2D eigenvalue weighted by molar-refractivity contribution is 7.91. The second kappa shape index (κ2) is 5.75. The number of hydrogen-bond acceptors (Lipinski definition) is 7. The fraction of sp³-hybridized carbons (Fsp3) is 0.200. The Labute approximate surface area is 119 Å². The first-order valence-electron chi connectivity index (χ1n) is 5.60. The van der Waals surface area contributed by atoms with Gasteiger partial charge in [0.2, 0.25) is 16.0 Å². The molecule has 1 aromatic carbocycles. The number of nitrogens with one attached hydrogen (secondary N) is 2. The van der Waals surface area contributed by atoms with Gasteiger partial charge in [-0.05, 0) is 0 Å². The molecular weight excluding hydrogens is 302 g/mol. The summed E-state index contributed by atoms with van der Waals surface area (Å²) in [6.45, 7) is 0. The number of nitro benzene ring substituents is 1. The molecule has 1 heterocycles. The van der Waals surface area contributed by atoms with Crippen molar-refractivity contribution in [2.45, 2.75) is 5.75 Å². The fourth-order valence-corrected chi connectivity index (χ4v) is 2.69. The lowest BCUT2D eigenvalue weighted by molar-refractivity contribution is -0.385. The lowest BCUT2D eigenvalue weighted by Gasteiger charge is -2.05. The molecule has 0 aliphatic rings. The molecular formula is C10H11N5O5S. The van der Waals surface area contributed by atoms with Crippen LogP contribution in [0.2, 0.25) is 0 Å². The van der Waals surface area contributed by atoms with Gasteiger partial charge in [-0.2, -0.15) is 4.98 Å². The predicted molar refractivity (Wildman–Crippen MR) is 72.3 cm³/mol. The van der Waals surface area contributed by atoms with Crippen molar-refractivity contribution in [2.24, 2.45) is 0 Å². The molecule has 0 bridgehead atoms. The van der Waals surface area contributed by atoms with Gasteiger partial charge < -0.3 is 4.74 Å². The summed E-state index contributed by atoms with van der Waals surface area (Å²) < 4.78 is 30.8. The number of hydrogen-bond donors (Lipinski definition) is 2. The molecule has 0 amide bonds. The van der Waals surface area contributed by atoms with Crippen molar-refractivity contribution in [3.05, 3.63) is 39.9 Å². The second-order valence-corrected chi connectivity index (χ2v) is 5.64. The van der Waals surface area contributed by atoms with E-state index in [2.05, 4.69) is 19.9 Å². The number of aromatic amines is 1. The molecule has 2 aromatic rings. The van der Waals surface area contributed by atoms with Gasteiger partial charge in [0.25, 0.3) is 5.69 Å². The third-order valence-electron chi connectivity index (χ3n) is 2.43. The molecule has 11 heteroatoms. The van der Waals surface area contributed by atoms with E-state index in [4.69, 9.17) is 4.74 Å². The van der Waals surface area contributed by atoms with Gasteiger partial charge in [-0.15, -0.1) is 5.10 Å². The number of anilines is 1. The molecule has 0 saturated carbocycles. The molecule has 0 saturated heterocycles. The molecule has 0 unspecified atom stereocenters. The number of nitrogens with zero attached hydrogens (tertiary/aromatic N) is 3. The van der Waals surface area contributed by atoms with Gasteiger partial charge in [0.05, 0.1) is 12.0 Å². The summed E-state index contributed by atoms with van der Waals surface area (Å²) in [5, 5.41) is 16.8. The summed E-state index contributed by atoms with van der Waals surface area (Å²) in [5.74, 6) is -0.696. The Bertz CT molecular complexity index is 757. The molecule has 21 heavy (non-hydrogen) atoms. The molecule has 0 fully saturated rings. The lowest BCUT2D eigenvalue weighted by atomic mass is 10.2. The molecule has 0 atom stereocenters. The van der Waals surface area contributed by atoms with Gasteiger partial charge in [0, 0.05) is 11.6 Å². The highest BCUT2D eigenvalue weighted by Crippen LogP contribution is 2.20. The van der Waals surface area contributed by atoms with Gasteiger partial charge in [0.15, 0.2) is 0 Å². The largest absolute Gasteiger partial charge is 0.466 e. The summed E-state index contributed by atoms with van der Waals surface area (Å²) in [7, 11) is -2.55. The summed E-state index contributed by atoms with van der Waals surface area (Å²) in [5.41, 5.74) is -0.195. The van der Waals surface area contributed by atoms with Gasteiger partial charge in [-0.3, -0.25) is 14.8 Å². The van der Waals surface area contributed by atoms with E-state index < -0.39 is 20.7 Å². The van der Waals surface area contributed by atoms with Crippen LogP contribution in [0.4, 0.5) is 11.6 Å². The van der Waals surface area contributed by atoms with Crippen LogP contribution < -0.4 is 9.46 Å². The van der Waals surface area contributed by atoms with E-state index in [0.717, 1.165) is 0 Å². The summed E-state index contributed by atoms with van der Waals surface area (Å²) in [6.07, 6.45) is 0. The average molecular weight is 313 g/mol. The van der Waals surface area contributed by atoms with Crippen molar-refractivity contribution in [1.82, 2.24) is 15.2 Å². The lowest BCUT2D eigenvalue weighted by Crippen LogP contribution is -2.16. The minimum absolute atomic E-state index is 0.0293. The second-order valence-electron chi connectivity index (χ2n) is 3.92. The van der Waals surface area contributed by atoms with Crippen LogP contribution in [-0.4, -0.2) is 35.6 Å². The normalized spacial score (nSPS) is 11.1. The zero-order chi connectivity index (χ0) is 15.5. The molecule has 112 valence electrons. The van der Waals surface area contributed by atoms with Crippen molar-refractivity contribution in [1.29, 1.82) is 0 Å². The van der Waals surface area contributed by atoms with Gasteiger partial charge in [-0.25, -0.2) is 13.5 Å². The minimum atomic E-state index is -3.88. The maximum Gasteiger partial charge on any atom is 0.336 e. The Morgan fingerprint density at radius 2 is 2.14 bits per heavy atom. The number of nitro groups is 1. The first kappa shape index (κ1) is 14.7. The predicted octanol–water partition coefficient (Wildman–Crippen LogP) is 0.663. The zero-order valence-corrected chi connectivity index (χ0v) is 11.6. The van der Waals surface area contributed by atoms with Gasteiger partial charge in [0.1, 0.15) is 5.75 Å². The third kappa shape index (κ3) is 3.66. The zero-order valence-electron chi connectivity index (χ0n) is 10.8. The van der Waals surface area contributed by atoms with E-state index in [0.29, 0.717) is 0 Å². The minimum Gasteiger partial charge on any atom is -0.466 e.